The summed E-state index contributed by atoms with van der Waals surface area (Å²) >= 11 is 2.02. The van der Waals surface area contributed by atoms with E-state index in [4.69, 9.17) is 4.42 Å². The Labute approximate surface area is 177 Å². The van der Waals surface area contributed by atoms with E-state index in [-0.39, 0.29) is 28.7 Å². The van der Waals surface area contributed by atoms with Gasteiger partial charge in [-0.05, 0) is 32.9 Å². The zero-order chi connectivity index (χ0) is 17.9. The summed E-state index contributed by atoms with van der Waals surface area (Å²) in [5.74, 6) is 2.70. The molecule has 1 saturated heterocycles. The van der Waals surface area contributed by atoms with Crippen molar-refractivity contribution < 1.29 is 4.42 Å². The molecular weight excluding hydrogens is 459 g/mol. The largest absolute Gasteiger partial charge is 0.444 e. The number of hydrogen-bond donors (Lipinski definition) is 1. The Kier molecular flexibility index (Phi) is 7.40. The van der Waals surface area contributed by atoms with Crippen molar-refractivity contribution in [3.63, 3.8) is 0 Å². The number of benzene rings is 1. The highest BCUT2D eigenvalue weighted by Crippen LogP contribution is 2.29. The average Bonchev–Trinajstić information content (AvgIpc) is 3.04. The lowest BCUT2D eigenvalue weighted by Gasteiger charge is -2.39. The van der Waals surface area contributed by atoms with Crippen molar-refractivity contribution in [2.75, 3.05) is 25.9 Å². The molecule has 0 radical (unpaired) electrons. The van der Waals surface area contributed by atoms with Crippen molar-refractivity contribution in [1.29, 1.82) is 0 Å². The van der Waals surface area contributed by atoms with E-state index in [2.05, 4.69) is 53.1 Å². The molecule has 2 aromatic rings. The van der Waals surface area contributed by atoms with Crippen LogP contribution in [0.3, 0.4) is 0 Å². The fourth-order valence-electron chi connectivity index (χ4n) is 2.92. The Morgan fingerprint density at radius 1 is 1.35 bits per heavy atom. The molecule has 0 bridgehead atoms. The molecule has 1 fully saturated rings. The van der Waals surface area contributed by atoms with Gasteiger partial charge in [-0.2, -0.15) is 11.8 Å². The summed E-state index contributed by atoms with van der Waals surface area (Å²) in [5, 5.41) is 3.41. The lowest BCUT2D eigenvalue weighted by Crippen LogP contribution is -2.50. The topological polar surface area (TPSA) is 53.7 Å². The van der Waals surface area contributed by atoms with E-state index in [1.807, 2.05) is 30.9 Å². The van der Waals surface area contributed by atoms with Gasteiger partial charge in [-0.1, -0.05) is 17.7 Å². The van der Waals surface area contributed by atoms with Crippen molar-refractivity contribution >= 4 is 41.7 Å². The summed E-state index contributed by atoms with van der Waals surface area (Å²) < 4.78 is 5.88. The van der Waals surface area contributed by atoms with Gasteiger partial charge in [0.25, 0.3) is 0 Å². The van der Waals surface area contributed by atoms with Crippen LogP contribution in [0.2, 0.25) is 0 Å². The van der Waals surface area contributed by atoms with Crippen LogP contribution in [0.4, 0.5) is 0 Å². The third-order valence-corrected chi connectivity index (χ3v) is 5.51. The van der Waals surface area contributed by atoms with E-state index in [9.17, 15) is 0 Å². The molecule has 3 rings (SSSR count). The van der Waals surface area contributed by atoms with Crippen LogP contribution >= 0.6 is 35.7 Å². The number of hydrogen-bond acceptors (Lipinski definition) is 4. The molecule has 1 aliphatic rings. The van der Waals surface area contributed by atoms with E-state index >= 15 is 0 Å². The van der Waals surface area contributed by atoms with Gasteiger partial charge in [-0.25, -0.2) is 4.98 Å². The van der Waals surface area contributed by atoms with E-state index in [1.54, 1.807) is 6.26 Å². The van der Waals surface area contributed by atoms with Gasteiger partial charge in [0.2, 0.25) is 5.89 Å². The Morgan fingerprint density at radius 3 is 2.73 bits per heavy atom. The second-order valence-corrected chi connectivity index (χ2v) is 8.74. The number of nitrogens with zero attached hydrogens (tertiary/aromatic N) is 3. The summed E-state index contributed by atoms with van der Waals surface area (Å²) in [6.07, 6.45) is 1.71. The van der Waals surface area contributed by atoms with Crippen molar-refractivity contribution in [1.82, 2.24) is 15.2 Å². The van der Waals surface area contributed by atoms with Crippen LogP contribution < -0.4 is 5.32 Å². The van der Waals surface area contributed by atoms with Crippen molar-refractivity contribution in [3.05, 3.63) is 41.8 Å². The van der Waals surface area contributed by atoms with Crippen molar-refractivity contribution in [2.45, 2.75) is 32.1 Å². The second-order valence-electron chi connectivity index (χ2n) is 6.94. The van der Waals surface area contributed by atoms with E-state index in [1.165, 1.54) is 5.56 Å². The van der Waals surface area contributed by atoms with Gasteiger partial charge in [0, 0.05) is 36.2 Å². The SMILES string of the molecule is CN=C(NCc1coc(-c2ccc(C)cc2)n1)N1CCSC(C)(C)C1.I. The van der Waals surface area contributed by atoms with Gasteiger partial charge in [0.1, 0.15) is 6.26 Å². The maximum atomic E-state index is 5.63. The number of rotatable bonds is 3. The van der Waals surface area contributed by atoms with Gasteiger partial charge in [0.15, 0.2) is 5.96 Å². The number of oxazole rings is 1. The summed E-state index contributed by atoms with van der Waals surface area (Å²) in [4.78, 5) is 11.3. The van der Waals surface area contributed by atoms with Gasteiger partial charge in [-0.3, -0.25) is 4.99 Å². The lowest BCUT2D eigenvalue weighted by atomic mass is 10.1. The second kappa shape index (κ2) is 9.12. The first-order chi connectivity index (χ1) is 12.0. The van der Waals surface area contributed by atoms with E-state index < -0.39 is 0 Å². The minimum Gasteiger partial charge on any atom is -0.444 e. The average molecular weight is 486 g/mol. The number of thioether (sulfide) groups is 1. The standard InChI is InChI=1S/C19H26N4OS.HI/c1-14-5-7-15(8-6-14)17-22-16(12-24-17)11-21-18(20-4)23-9-10-25-19(2,3)13-23;/h5-8,12H,9-11,13H2,1-4H3,(H,20,21);1H. The minimum atomic E-state index is 0. The molecule has 0 unspecified atom stereocenters. The third kappa shape index (κ3) is 5.39. The molecule has 0 amide bonds. The zero-order valence-electron chi connectivity index (χ0n) is 15.8. The van der Waals surface area contributed by atoms with Crippen LogP contribution in [0.25, 0.3) is 11.5 Å². The maximum Gasteiger partial charge on any atom is 0.226 e. The monoisotopic (exact) mass is 486 g/mol. The highest BCUT2D eigenvalue weighted by molar-refractivity contribution is 14.0. The Balaban J connectivity index is 0.00000243. The first kappa shape index (κ1) is 21.1. The number of nitrogens with one attached hydrogen (secondary N) is 1. The molecule has 1 aromatic carbocycles. The normalized spacial score (nSPS) is 16.9. The Hall–Kier alpha value is -1.22. The van der Waals surface area contributed by atoms with Gasteiger partial charge >= 0.3 is 0 Å². The van der Waals surface area contributed by atoms with E-state index in [0.717, 1.165) is 36.1 Å². The molecule has 2 heterocycles. The van der Waals surface area contributed by atoms with Gasteiger partial charge in [-0.15, -0.1) is 24.0 Å². The smallest absolute Gasteiger partial charge is 0.226 e. The molecule has 0 saturated carbocycles. The minimum absolute atomic E-state index is 0. The van der Waals surface area contributed by atoms with Crippen molar-refractivity contribution in [3.8, 4) is 11.5 Å². The van der Waals surface area contributed by atoms with Gasteiger partial charge < -0.3 is 14.6 Å². The summed E-state index contributed by atoms with van der Waals surface area (Å²) in [6.45, 7) is 9.24. The number of aryl methyl sites for hydroxylation is 1. The Bertz CT molecular complexity index is 742. The molecular formula is C19H27IN4OS. The summed E-state index contributed by atoms with van der Waals surface area (Å²) in [7, 11) is 1.83. The molecule has 1 N–H and O–H groups in total. The van der Waals surface area contributed by atoms with Crippen LogP contribution in [-0.2, 0) is 6.54 Å². The molecule has 1 aromatic heterocycles. The predicted octanol–water partition coefficient (Wildman–Crippen LogP) is 4.17. The van der Waals surface area contributed by atoms with Crippen LogP contribution in [0.1, 0.15) is 25.1 Å². The van der Waals surface area contributed by atoms with Crippen LogP contribution in [-0.4, -0.2) is 46.5 Å². The molecule has 142 valence electrons. The molecule has 5 nitrogen and oxygen atoms in total. The highest BCUT2D eigenvalue weighted by atomic mass is 127. The highest BCUT2D eigenvalue weighted by Gasteiger charge is 2.28. The summed E-state index contributed by atoms with van der Waals surface area (Å²) in [5.41, 5.74) is 3.10. The van der Waals surface area contributed by atoms with Gasteiger partial charge in [0.05, 0.1) is 12.2 Å². The number of aromatic nitrogens is 1. The molecule has 26 heavy (non-hydrogen) atoms. The van der Waals surface area contributed by atoms with Crippen LogP contribution in [0.15, 0.2) is 39.9 Å². The van der Waals surface area contributed by atoms with Crippen molar-refractivity contribution in [2.24, 2.45) is 4.99 Å². The number of aliphatic imine (C=N–C) groups is 1. The Morgan fingerprint density at radius 2 is 2.08 bits per heavy atom. The lowest BCUT2D eigenvalue weighted by molar-refractivity contribution is 0.375. The summed E-state index contributed by atoms with van der Waals surface area (Å²) in [6, 6.07) is 8.19. The molecule has 1 aliphatic heterocycles. The molecule has 0 atom stereocenters. The first-order valence-corrected chi connectivity index (χ1v) is 9.56. The van der Waals surface area contributed by atoms with E-state index in [0.29, 0.717) is 12.4 Å². The fraction of sp³-hybridized carbons (Fsp3) is 0.474. The molecule has 7 heteroatoms. The molecule has 0 spiro atoms. The predicted molar refractivity (Wildman–Crippen MR) is 120 cm³/mol. The zero-order valence-corrected chi connectivity index (χ0v) is 18.9. The number of guanidine groups is 1. The third-order valence-electron chi connectivity index (χ3n) is 4.21. The maximum absolute atomic E-state index is 5.63. The van der Waals surface area contributed by atoms with Crippen LogP contribution in [0, 0.1) is 6.92 Å². The fourth-order valence-corrected chi connectivity index (χ4v) is 4.03. The number of halogens is 1. The van der Waals surface area contributed by atoms with Crippen LogP contribution in [0.5, 0.6) is 0 Å². The molecule has 0 aliphatic carbocycles. The first-order valence-electron chi connectivity index (χ1n) is 8.58. The quantitative estimate of drug-likeness (QED) is 0.401.